The first-order valence-electron chi connectivity index (χ1n) is 6.72. The molecular formula is C15H22F3NO2. The molecule has 1 N–H and O–H groups in total. The molecule has 1 unspecified atom stereocenters. The highest BCUT2D eigenvalue weighted by atomic mass is 19.2. The van der Waals surface area contributed by atoms with E-state index in [4.69, 9.17) is 4.74 Å². The van der Waals surface area contributed by atoms with Crippen LogP contribution >= 0.6 is 0 Å². The first-order chi connectivity index (χ1) is 9.58. The van der Waals surface area contributed by atoms with Gasteiger partial charge in [0.15, 0.2) is 17.5 Å². The van der Waals surface area contributed by atoms with Crippen molar-refractivity contribution < 1.29 is 23.0 Å². The number of ether oxygens (including phenoxy) is 1. The third-order valence-corrected chi connectivity index (χ3v) is 2.73. The summed E-state index contributed by atoms with van der Waals surface area (Å²) in [6.07, 6.45) is -0.718. The van der Waals surface area contributed by atoms with Crippen LogP contribution < -0.4 is 0 Å². The fraction of sp³-hybridized carbons (Fsp3) is 0.600. The second kappa shape index (κ2) is 7.24. The molecule has 0 spiro atoms. The zero-order valence-corrected chi connectivity index (χ0v) is 12.8. The van der Waals surface area contributed by atoms with Gasteiger partial charge in [-0.15, -0.1) is 0 Å². The molecule has 0 heterocycles. The molecule has 1 aromatic rings. The van der Waals surface area contributed by atoms with E-state index in [0.29, 0.717) is 5.56 Å². The van der Waals surface area contributed by atoms with E-state index in [1.54, 1.807) is 11.9 Å². The van der Waals surface area contributed by atoms with E-state index in [2.05, 4.69) is 0 Å². The van der Waals surface area contributed by atoms with E-state index in [-0.39, 0.29) is 25.3 Å². The largest absolute Gasteiger partial charge is 0.389 e. The standard InChI is InChI=1S/C15H22F3NO2/c1-15(2,3)21-9-11(20)8-19(4)7-10-5-12(16)14(18)13(17)6-10/h5-6,11,20H,7-9H2,1-4H3. The molecular weight excluding hydrogens is 283 g/mol. The lowest BCUT2D eigenvalue weighted by Crippen LogP contribution is -2.34. The Bertz CT molecular complexity index is 451. The van der Waals surface area contributed by atoms with Gasteiger partial charge >= 0.3 is 0 Å². The van der Waals surface area contributed by atoms with Gasteiger partial charge in [0, 0.05) is 13.1 Å². The van der Waals surface area contributed by atoms with Gasteiger partial charge in [-0.3, -0.25) is 4.90 Å². The van der Waals surface area contributed by atoms with E-state index >= 15 is 0 Å². The van der Waals surface area contributed by atoms with Crippen LogP contribution in [0.4, 0.5) is 13.2 Å². The molecule has 0 saturated heterocycles. The zero-order chi connectivity index (χ0) is 16.2. The summed E-state index contributed by atoms with van der Waals surface area (Å²) in [6.45, 7) is 6.28. The number of aliphatic hydroxyl groups is 1. The Hall–Kier alpha value is -1.11. The van der Waals surface area contributed by atoms with Gasteiger partial charge in [-0.05, 0) is 45.5 Å². The van der Waals surface area contributed by atoms with Gasteiger partial charge in [0.25, 0.3) is 0 Å². The number of aliphatic hydroxyl groups excluding tert-OH is 1. The van der Waals surface area contributed by atoms with Crippen molar-refractivity contribution >= 4 is 0 Å². The summed E-state index contributed by atoms with van der Waals surface area (Å²) in [7, 11) is 1.69. The van der Waals surface area contributed by atoms with Gasteiger partial charge in [0.05, 0.1) is 18.3 Å². The van der Waals surface area contributed by atoms with Gasteiger partial charge in [-0.25, -0.2) is 13.2 Å². The number of halogens is 3. The van der Waals surface area contributed by atoms with Crippen LogP contribution in [-0.2, 0) is 11.3 Å². The molecule has 6 heteroatoms. The van der Waals surface area contributed by atoms with Crippen molar-refractivity contribution in [1.82, 2.24) is 4.90 Å². The number of hydrogen-bond acceptors (Lipinski definition) is 3. The van der Waals surface area contributed by atoms with Gasteiger partial charge in [-0.2, -0.15) is 0 Å². The molecule has 0 amide bonds. The number of benzene rings is 1. The lowest BCUT2D eigenvalue weighted by molar-refractivity contribution is -0.0550. The molecule has 3 nitrogen and oxygen atoms in total. The summed E-state index contributed by atoms with van der Waals surface area (Å²) in [6, 6.07) is 1.90. The van der Waals surface area contributed by atoms with Gasteiger partial charge in [0.1, 0.15) is 0 Å². The van der Waals surface area contributed by atoms with Crippen molar-refractivity contribution in [2.75, 3.05) is 20.2 Å². The molecule has 1 atom stereocenters. The number of likely N-dealkylation sites (N-methyl/N-ethyl adjacent to an activating group) is 1. The maximum Gasteiger partial charge on any atom is 0.194 e. The summed E-state index contributed by atoms with van der Waals surface area (Å²) in [5.41, 5.74) is -0.0409. The first kappa shape index (κ1) is 17.9. The summed E-state index contributed by atoms with van der Waals surface area (Å²) >= 11 is 0. The minimum Gasteiger partial charge on any atom is -0.389 e. The highest BCUT2D eigenvalue weighted by Crippen LogP contribution is 2.15. The molecule has 0 aliphatic carbocycles. The zero-order valence-electron chi connectivity index (χ0n) is 12.8. The predicted octanol–water partition coefficient (Wildman–Crippen LogP) is 2.71. The Kier molecular flexibility index (Phi) is 6.19. The normalized spacial score (nSPS) is 13.8. The van der Waals surface area contributed by atoms with Crippen molar-refractivity contribution in [2.45, 2.75) is 39.0 Å². The summed E-state index contributed by atoms with van der Waals surface area (Å²) < 4.78 is 44.5. The van der Waals surface area contributed by atoms with Crippen LogP contribution in [0.15, 0.2) is 12.1 Å². The highest BCUT2D eigenvalue weighted by molar-refractivity contribution is 5.19. The van der Waals surface area contributed by atoms with Gasteiger partial charge < -0.3 is 9.84 Å². The van der Waals surface area contributed by atoms with Crippen LogP contribution in [-0.4, -0.2) is 41.9 Å². The van der Waals surface area contributed by atoms with E-state index in [1.807, 2.05) is 20.8 Å². The Morgan fingerprint density at radius 3 is 2.19 bits per heavy atom. The predicted molar refractivity (Wildman–Crippen MR) is 74.4 cm³/mol. The van der Waals surface area contributed by atoms with Crippen LogP contribution in [0.2, 0.25) is 0 Å². The maximum absolute atomic E-state index is 13.1. The molecule has 0 aliphatic heterocycles. The van der Waals surface area contributed by atoms with Crippen LogP contribution in [0.5, 0.6) is 0 Å². The molecule has 0 bridgehead atoms. The smallest absolute Gasteiger partial charge is 0.194 e. The number of nitrogens with zero attached hydrogens (tertiary/aromatic N) is 1. The van der Waals surface area contributed by atoms with Gasteiger partial charge in [0.2, 0.25) is 0 Å². The minimum absolute atomic E-state index is 0.167. The van der Waals surface area contributed by atoms with Crippen molar-refractivity contribution in [2.24, 2.45) is 0 Å². The average Bonchev–Trinajstić information content (AvgIpc) is 2.32. The molecule has 0 radical (unpaired) electrons. The second-order valence-electron chi connectivity index (χ2n) is 6.15. The number of hydrogen-bond donors (Lipinski definition) is 1. The molecule has 0 saturated carbocycles. The van der Waals surface area contributed by atoms with Crippen LogP contribution in [0, 0.1) is 17.5 Å². The Balaban J connectivity index is 2.52. The van der Waals surface area contributed by atoms with Crippen molar-refractivity contribution in [3.63, 3.8) is 0 Å². The summed E-state index contributed by atoms with van der Waals surface area (Å²) in [5.74, 6) is -3.90. The average molecular weight is 305 g/mol. The maximum atomic E-state index is 13.1. The lowest BCUT2D eigenvalue weighted by atomic mass is 10.2. The number of rotatable bonds is 6. The highest BCUT2D eigenvalue weighted by Gasteiger charge is 2.16. The monoisotopic (exact) mass is 305 g/mol. The molecule has 1 aromatic carbocycles. The summed E-state index contributed by atoms with van der Waals surface area (Å²) in [5, 5.41) is 9.84. The SMILES string of the molecule is CN(Cc1cc(F)c(F)c(F)c1)CC(O)COC(C)(C)C. The van der Waals surface area contributed by atoms with Crippen LogP contribution in [0.1, 0.15) is 26.3 Å². The molecule has 0 aliphatic rings. The third kappa shape index (κ3) is 6.46. The third-order valence-electron chi connectivity index (χ3n) is 2.73. The fourth-order valence-corrected chi connectivity index (χ4v) is 1.83. The van der Waals surface area contributed by atoms with Crippen molar-refractivity contribution in [3.8, 4) is 0 Å². The first-order valence-corrected chi connectivity index (χ1v) is 6.72. The Labute approximate surface area is 123 Å². The molecule has 0 aromatic heterocycles. The van der Waals surface area contributed by atoms with Crippen LogP contribution in [0.3, 0.4) is 0 Å². The lowest BCUT2D eigenvalue weighted by Gasteiger charge is -2.25. The molecule has 120 valence electrons. The molecule has 1 rings (SSSR count). The topological polar surface area (TPSA) is 32.7 Å². The minimum atomic E-state index is -1.47. The quantitative estimate of drug-likeness (QED) is 0.820. The van der Waals surface area contributed by atoms with Crippen molar-refractivity contribution in [1.29, 1.82) is 0 Å². The molecule has 21 heavy (non-hydrogen) atoms. The van der Waals surface area contributed by atoms with E-state index in [0.717, 1.165) is 12.1 Å². The van der Waals surface area contributed by atoms with Gasteiger partial charge in [-0.1, -0.05) is 0 Å². The summed E-state index contributed by atoms with van der Waals surface area (Å²) in [4.78, 5) is 1.68. The second-order valence-corrected chi connectivity index (χ2v) is 6.15. The van der Waals surface area contributed by atoms with E-state index in [1.165, 1.54) is 0 Å². The Morgan fingerprint density at radius 2 is 1.71 bits per heavy atom. The molecule has 0 fully saturated rings. The van der Waals surface area contributed by atoms with Crippen LogP contribution in [0.25, 0.3) is 0 Å². The Morgan fingerprint density at radius 1 is 1.19 bits per heavy atom. The van der Waals surface area contributed by atoms with E-state index in [9.17, 15) is 18.3 Å². The van der Waals surface area contributed by atoms with E-state index < -0.39 is 23.6 Å². The fourth-order valence-electron chi connectivity index (χ4n) is 1.83. The van der Waals surface area contributed by atoms with Crippen molar-refractivity contribution in [3.05, 3.63) is 35.1 Å².